The summed E-state index contributed by atoms with van der Waals surface area (Å²) in [5, 5.41) is 2.94. The number of amides is 1. The molecule has 3 N–H and O–H groups in total. The first-order valence-electron chi connectivity index (χ1n) is 9.53. The van der Waals surface area contributed by atoms with Crippen LogP contribution in [0.2, 0.25) is 0 Å². The van der Waals surface area contributed by atoms with Crippen molar-refractivity contribution in [2.75, 3.05) is 13.7 Å². The molecule has 1 atom stereocenters. The molecule has 0 radical (unpaired) electrons. The van der Waals surface area contributed by atoms with Crippen molar-refractivity contribution >= 4 is 5.91 Å². The first-order chi connectivity index (χ1) is 11.8. The number of carbonyl (C=O) groups is 1. The summed E-state index contributed by atoms with van der Waals surface area (Å²) in [6.45, 7) is 17.8. The zero-order valence-corrected chi connectivity index (χ0v) is 18.2. The molecule has 0 fully saturated rings. The van der Waals surface area contributed by atoms with Crippen LogP contribution in [0.4, 0.5) is 0 Å². The molecule has 0 spiro atoms. The predicted octanol–water partition coefficient (Wildman–Crippen LogP) is 3.99. The second kappa shape index (κ2) is 8.43. The van der Waals surface area contributed by atoms with E-state index in [2.05, 4.69) is 59.8 Å². The Morgan fingerprint density at radius 3 is 2.19 bits per heavy atom. The Morgan fingerprint density at radius 2 is 1.77 bits per heavy atom. The van der Waals surface area contributed by atoms with Gasteiger partial charge in [-0.3, -0.25) is 4.79 Å². The first-order valence-corrected chi connectivity index (χ1v) is 9.53. The molecule has 0 aromatic heterocycles. The molecule has 0 aliphatic carbocycles. The summed E-state index contributed by atoms with van der Waals surface area (Å²) in [7, 11) is 1.75. The minimum absolute atomic E-state index is 0.00902. The van der Waals surface area contributed by atoms with Crippen LogP contribution in [-0.2, 0) is 22.0 Å². The maximum atomic E-state index is 12.2. The molecule has 26 heavy (non-hydrogen) atoms. The Bertz CT molecular complexity index is 637. The molecular formula is C22H38N2O2. The molecule has 0 heterocycles. The standard InChI is InChI=1S/C22H38N2O2/c1-14(13-23)24-18(25)11-10-16-12-17(21(3,4)5)20(26-9)19(15(16)2)22(6,7)8/h12,14H,10-11,13,23H2,1-9H3,(H,24,25). The number of ether oxygens (including phenoxy) is 1. The van der Waals surface area contributed by atoms with Crippen LogP contribution in [0.1, 0.15) is 77.1 Å². The maximum absolute atomic E-state index is 12.2. The predicted molar refractivity (Wildman–Crippen MR) is 110 cm³/mol. The van der Waals surface area contributed by atoms with Crippen molar-refractivity contribution in [2.45, 2.75) is 85.1 Å². The van der Waals surface area contributed by atoms with Crippen LogP contribution in [-0.4, -0.2) is 25.6 Å². The average Bonchev–Trinajstić information content (AvgIpc) is 2.50. The smallest absolute Gasteiger partial charge is 0.220 e. The van der Waals surface area contributed by atoms with Crippen LogP contribution < -0.4 is 15.8 Å². The lowest BCUT2D eigenvalue weighted by atomic mass is 9.75. The quantitative estimate of drug-likeness (QED) is 0.804. The van der Waals surface area contributed by atoms with Gasteiger partial charge in [-0.2, -0.15) is 0 Å². The summed E-state index contributed by atoms with van der Waals surface area (Å²) in [5.41, 5.74) is 10.4. The van der Waals surface area contributed by atoms with E-state index in [4.69, 9.17) is 10.5 Å². The molecule has 0 aliphatic heterocycles. The fourth-order valence-electron chi connectivity index (χ4n) is 3.40. The van der Waals surface area contributed by atoms with Gasteiger partial charge in [0.1, 0.15) is 5.75 Å². The Hall–Kier alpha value is -1.55. The Labute approximate surface area is 159 Å². The van der Waals surface area contributed by atoms with E-state index in [0.717, 1.165) is 5.75 Å². The second-order valence-electron chi connectivity index (χ2n) is 9.32. The Kier molecular flexibility index (Phi) is 7.29. The van der Waals surface area contributed by atoms with Gasteiger partial charge in [-0.05, 0) is 42.2 Å². The molecule has 1 unspecified atom stereocenters. The lowest BCUT2D eigenvalue weighted by molar-refractivity contribution is -0.121. The van der Waals surface area contributed by atoms with Crippen molar-refractivity contribution in [1.82, 2.24) is 5.32 Å². The number of carbonyl (C=O) groups excluding carboxylic acids is 1. The SMILES string of the molecule is COc1c(C(C)(C)C)cc(CCC(=O)NC(C)CN)c(C)c1C(C)(C)C. The van der Waals surface area contributed by atoms with Gasteiger partial charge in [0.2, 0.25) is 5.91 Å². The number of nitrogens with two attached hydrogens (primary N) is 1. The average molecular weight is 363 g/mol. The van der Waals surface area contributed by atoms with Gasteiger partial charge >= 0.3 is 0 Å². The fourth-order valence-corrected chi connectivity index (χ4v) is 3.40. The second-order valence-corrected chi connectivity index (χ2v) is 9.32. The van der Waals surface area contributed by atoms with Crippen molar-refractivity contribution in [1.29, 1.82) is 0 Å². The van der Waals surface area contributed by atoms with Crippen molar-refractivity contribution in [3.63, 3.8) is 0 Å². The number of aryl methyl sites for hydroxylation is 1. The van der Waals surface area contributed by atoms with Crippen LogP contribution in [0.25, 0.3) is 0 Å². The largest absolute Gasteiger partial charge is 0.496 e. The number of methoxy groups -OCH3 is 1. The molecule has 0 aliphatic rings. The van der Waals surface area contributed by atoms with Crippen LogP contribution in [0, 0.1) is 6.92 Å². The summed E-state index contributed by atoms with van der Waals surface area (Å²) in [6, 6.07) is 2.23. The van der Waals surface area contributed by atoms with E-state index in [1.54, 1.807) is 7.11 Å². The van der Waals surface area contributed by atoms with Crippen molar-refractivity contribution in [3.8, 4) is 5.75 Å². The van der Waals surface area contributed by atoms with Gasteiger partial charge in [-0.15, -0.1) is 0 Å². The highest BCUT2D eigenvalue weighted by atomic mass is 16.5. The van der Waals surface area contributed by atoms with Gasteiger partial charge in [-0.1, -0.05) is 47.6 Å². The normalized spacial score (nSPS) is 13.5. The number of rotatable bonds is 6. The number of hydrogen-bond acceptors (Lipinski definition) is 3. The maximum Gasteiger partial charge on any atom is 0.220 e. The first kappa shape index (κ1) is 22.5. The van der Waals surface area contributed by atoms with E-state index in [-0.39, 0.29) is 22.8 Å². The molecule has 1 aromatic carbocycles. The van der Waals surface area contributed by atoms with Crippen molar-refractivity contribution < 1.29 is 9.53 Å². The minimum Gasteiger partial charge on any atom is -0.496 e. The highest BCUT2D eigenvalue weighted by Gasteiger charge is 2.29. The van der Waals surface area contributed by atoms with Crippen LogP contribution >= 0.6 is 0 Å². The monoisotopic (exact) mass is 362 g/mol. The Morgan fingerprint density at radius 1 is 1.19 bits per heavy atom. The van der Waals surface area contributed by atoms with Gasteiger partial charge in [-0.25, -0.2) is 0 Å². The van der Waals surface area contributed by atoms with Gasteiger partial charge in [0.05, 0.1) is 7.11 Å². The summed E-state index contributed by atoms with van der Waals surface area (Å²) in [5.74, 6) is 1.03. The zero-order chi connectivity index (χ0) is 20.3. The molecule has 4 nitrogen and oxygen atoms in total. The molecule has 0 saturated carbocycles. The molecule has 4 heteroatoms. The Balaban J connectivity index is 3.34. The van der Waals surface area contributed by atoms with Gasteiger partial charge < -0.3 is 15.8 Å². The molecular weight excluding hydrogens is 324 g/mol. The highest BCUT2D eigenvalue weighted by molar-refractivity contribution is 5.76. The molecule has 1 aromatic rings. The fraction of sp³-hybridized carbons (Fsp3) is 0.682. The van der Waals surface area contributed by atoms with E-state index < -0.39 is 0 Å². The topological polar surface area (TPSA) is 64.3 Å². The number of nitrogens with one attached hydrogen (secondary N) is 1. The summed E-state index contributed by atoms with van der Waals surface area (Å²) < 4.78 is 5.86. The zero-order valence-electron chi connectivity index (χ0n) is 18.2. The lowest BCUT2D eigenvalue weighted by Gasteiger charge is -2.32. The molecule has 1 rings (SSSR count). The molecule has 148 valence electrons. The van der Waals surface area contributed by atoms with Crippen LogP contribution in [0.15, 0.2) is 6.07 Å². The van der Waals surface area contributed by atoms with Crippen molar-refractivity contribution in [2.24, 2.45) is 5.73 Å². The van der Waals surface area contributed by atoms with E-state index in [1.807, 2.05) is 6.92 Å². The van der Waals surface area contributed by atoms with Crippen LogP contribution in [0.3, 0.4) is 0 Å². The third-order valence-corrected chi connectivity index (χ3v) is 4.79. The van der Waals surface area contributed by atoms with E-state index >= 15 is 0 Å². The summed E-state index contributed by atoms with van der Waals surface area (Å²) in [4.78, 5) is 12.2. The summed E-state index contributed by atoms with van der Waals surface area (Å²) in [6.07, 6.45) is 1.18. The third-order valence-electron chi connectivity index (χ3n) is 4.79. The minimum atomic E-state index is -0.0399. The van der Waals surface area contributed by atoms with Gasteiger partial charge in [0, 0.05) is 30.1 Å². The van der Waals surface area contributed by atoms with Gasteiger partial charge in [0.15, 0.2) is 0 Å². The number of benzene rings is 1. The summed E-state index contributed by atoms with van der Waals surface area (Å²) >= 11 is 0. The van der Waals surface area contributed by atoms with E-state index in [9.17, 15) is 4.79 Å². The lowest BCUT2D eigenvalue weighted by Crippen LogP contribution is -2.37. The van der Waals surface area contributed by atoms with Gasteiger partial charge in [0.25, 0.3) is 0 Å². The third kappa shape index (κ3) is 5.47. The van der Waals surface area contributed by atoms with E-state index in [1.165, 1.54) is 22.3 Å². The van der Waals surface area contributed by atoms with E-state index in [0.29, 0.717) is 19.4 Å². The molecule has 1 amide bonds. The highest BCUT2D eigenvalue weighted by Crippen LogP contribution is 2.43. The van der Waals surface area contributed by atoms with Crippen LogP contribution in [0.5, 0.6) is 5.75 Å². The van der Waals surface area contributed by atoms with Crippen molar-refractivity contribution in [3.05, 3.63) is 28.3 Å². The molecule has 0 bridgehead atoms. The number of hydrogen-bond donors (Lipinski definition) is 2. The molecule has 0 saturated heterocycles.